The van der Waals surface area contributed by atoms with Gasteiger partial charge in [0.15, 0.2) is 0 Å². The van der Waals surface area contributed by atoms with E-state index < -0.39 is 21.7 Å². The lowest BCUT2D eigenvalue weighted by Gasteiger charge is -2.11. The standard InChI is InChI=1S/C13H12F2N2O2S/c1-8-6-9(14)2-5-13(8)20(18,19)17-12-7-10(16)3-4-11(12)15/h2-7,17H,16H2,1H3. The fraction of sp³-hybridized carbons (Fsp3) is 0.0769. The topological polar surface area (TPSA) is 72.2 Å². The maximum absolute atomic E-state index is 13.5. The zero-order chi connectivity index (χ0) is 14.9. The van der Waals surface area contributed by atoms with Crippen molar-refractivity contribution in [1.29, 1.82) is 0 Å². The van der Waals surface area contributed by atoms with E-state index in [4.69, 9.17) is 5.73 Å². The number of nitrogen functional groups attached to an aromatic ring is 1. The van der Waals surface area contributed by atoms with E-state index in [1.807, 2.05) is 0 Å². The Morgan fingerprint density at radius 2 is 1.80 bits per heavy atom. The molecule has 20 heavy (non-hydrogen) atoms. The number of anilines is 2. The molecule has 0 fully saturated rings. The van der Waals surface area contributed by atoms with Gasteiger partial charge < -0.3 is 5.73 Å². The largest absolute Gasteiger partial charge is 0.399 e. The molecule has 0 unspecified atom stereocenters. The van der Waals surface area contributed by atoms with Gasteiger partial charge >= 0.3 is 0 Å². The summed E-state index contributed by atoms with van der Waals surface area (Å²) in [6, 6.07) is 6.78. The van der Waals surface area contributed by atoms with Crippen molar-refractivity contribution in [3.05, 3.63) is 53.6 Å². The molecule has 3 N–H and O–H groups in total. The highest BCUT2D eigenvalue weighted by Crippen LogP contribution is 2.23. The van der Waals surface area contributed by atoms with Crippen molar-refractivity contribution in [2.75, 3.05) is 10.5 Å². The highest BCUT2D eigenvalue weighted by Gasteiger charge is 2.19. The molecule has 2 aromatic rings. The number of nitrogens with two attached hydrogens (primary N) is 1. The predicted octanol–water partition coefficient (Wildman–Crippen LogP) is 2.66. The van der Waals surface area contributed by atoms with Crippen LogP contribution in [-0.2, 0) is 10.0 Å². The molecule has 7 heteroatoms. The van der Waals surface area contributed by atoms with Crippen molar-refractivity contribution in [3.63, 3.8) is 0 Å². The minimum Gasteiger partial charge on any atom is -0.399 e. The third kappa shape index (κ3) is 2.88. The number of halogens is 2. The number of rotatable bonds is 3. The Morgan fingerprint density at radius 1 is 1.10 bits per heavy atom. The van der Waals surface area contributed by atoms with Gasteiger partial charge in [-0.25, -0.2) is 17.2 Å². The molecule has 106 valence electrons. The van der Waals surface area contributed by atoms with Gasteiger partial charge in [0.1, 0.15) is 11.6 Å². The smallest absolute Gasteiger partial charge is 0.262 e. The lowest BCUT2D eigenvalue weighted by atomic mass is 10.2. The third-order valence-electron chi connectivity index (χ3n) is 2.66. The van der Waals surface area contributed by atoms with Gasteiger partial charge in [0.05, 0.1) is 10.6 Å². The van der Waals surface area contributed by atoms with E-state index in [1.165, 1.54) is 19.1 Å². The van der Waals surface area contributed by atoms with Gasteiger partial charge in [-0.2, -0.15) is 0 Å². The van der Waals surface area contributed by atoms with Crippen molar-refractivity contribution >= 4 is 21.4 Å². The summed E-state index contributed by atoms with van der Waals surface area (Å²) in [5.74, 6) is -1.29. The molecule has 0 amide bonds. The number of hydrogen-bond acceptors (Lipinski definition) is 3. The summed E-state index contributed by atoms with van der Waals surface area (Å²) in [7, 11) is -4.01. The van der Waals surface area contributed by atoms with Crippen LogP contribution >= 0.6 is 0 Å². The molecule has 2 rings (SSSR count). The molecule has 2 aromatic carbocycles. The average molecular weight is 298 g/mol. The number of aryl methyl sites for hydroxylation is 1. The monoisotopic (exact) mass is 298 g/mol. The third-order valence-corrected chi connectivity index (χ3v) is 4.19. The van der Waals surface area contributed by atoms with E-state index >= 15 is 0 Å². The Labute approximate surface area is 115 Å². The van der Waals surface area contributed by atoms with Crippen molar-refractivity contribution in [2.45, 2.75) is 11.8 Å². The van der Waals surface area contributed by atoms with Crippen LogP contribution in [0.4, 0.5) is 20.2 Å². The summed E-state index contributed by atoms with van der Waals surface area (Å²) in [4.78, 5) is -0.124. The number of hydrogen-bond donors (Lipinski definition) is 2. The molecule has 4 nitrogen and oxygen atoms in total. The van der Waals surface area contributed by atoms with Crippen LogP contribution in [-0.4, -0.2) is 8.42 Å². The van der Waals surface area contributed by atoms with Crippen LogP contribution < -0.4 is 10.5 Å². The molecule has 0 heterocycles. The molecule has 0 radical (unpaired) electrons. The van der Waals surface area contributed by atoms with E-state index in [9.17, 15) is 17.2 Å². The molecule has 0 atom stereocenters. The van der Waals surface area contributed by atoms with E-state index in [0.29, 0.717) is 0 Å². The molecule has 0 aliphatic heterocycles. The normalized spacial score (nSPS) is 11.3. The molecule has 0 spiro atoms. The Morgan fingerprint density at radius 3 is 2.45 bits per heavy atom. The van der Waals surface area contributed by atoms with Gasteiger partial charge in [0.25, 0.3) is 10.0 Å². The van der Waals surface area contributed by atoms with Crippen LogP contribution in [0.3, 0.4) is 0 Å². The van der Waals surface area contributed by atoms with Gasteiger partial charge in [-0.15, -0.1) is 0 Å². The van der Waals surface area contributed by atoms with Crippen LogP contribution in [0, 0.1) is 18.6 Å². The first-order chi connectivity index (χ1) is 9.29. The Balaban J connectivity index is 2.43. The van der Waals surface area contributed by atoms with Crippen LogP contribution in [0.25, 0.3) is 0 Å². The second-order valence-electron chi connectivity index (χ2n) is 4.25. The zero-order valence-electron chi connectivity index (χ0n) is 10.5. The van der Waals surface area contributed by atoms with E-state index in [0.717, 1.165) is 24.3 Å². The molecular formula is C13H12F2N2O2S. The maximum Gasteiger partial charge on any atom is 0.262 e. The highest BCUT2D eigenvalue weighted by atomic mass is 32.2. The second kappa shape index (κ2) is 5.09. The molecule has 0 aliphatic rings. The first kappa shape index (κ1) is 14.3. The number of benzene rings is 2. The zero-order valence-corrected chi connectivity index (χ0v) is 11.3. The number of nitrogens with one attached hydrogen (secondary N) is 1. The SMILES string of the molecule is Cc1cc(F)ccc1S(=O)(=O)Nc1cc(N)ccc1F. The summed E-state index contributed by atoms with van der Waals surface area (Å²) >= 11 is 0. The van der Waals surface area contributed by atoms with Crippen molar-refractivity contribution in [1.82, 2.24) is 0 Å². The summed E-state index contributed by atoms with van der Waals surface area (Å²) < 4.78 is 52.9. The average Bonchev–Trinajstić information content (AvgIpc) is 2.33. The summed E-state index contributed by atoms with van der Waals surface area (Å²) in [5.41, 5.74) is 5.67. The molecule has 0 aromatic heterocycles. The van der Waals surface area contributed by atoms with Gasteiger partial charge in [-0.05, 0) is 48.9 Å². The molecule has 0 saturated carbocycles. The van der Waals surface area contributed by atoms with Crippen LogP contribution in [0.1, 0.15) is 5.56 Å². The van der Waals surface area contributed by atoms with E-state index in [-0.39, 0.29) is 21.8 Å². The quantitative estimate of drug-likeness (QED) is 0.856. The predicted molar refractivity (Wildman–Crippen MR) is 72.8 cm³/mol. The van der Waals surface area contributed by atoms with Crippen molar-refractivity contribution in [3.8, 4) is 0 Å². The van der Waals surface area contributed by atoms with E-state index in [2.05, 4.69) is 4.72 Å². The van der Waals surface area contributed by atoms with Crippen molar-refractivity contribution in [2.24, 2.45) is 0 Å². The fourth-order valence-electron chi connectivity index (χ4n) is 1.74. The Bertz CT molecular complexity index is 761. The van der Waals surface area contributed by atoms with Crippen LogP contribution in [0.2, 0.25) is 0 Å². The first-order valence-electron chi connectivity index (χ1n) is 5.63. The summed E-state index contributed by atoms with van der Waals surface area (Å²) in [5, 5.41) is 0. The lowest BCUT2D eigenvalue weighted by molar-refractivity contribution is 0.596. The maximum atomic E-state index is 13.5. The van der Waals surface area contributed by atoms with E-state index in [1.54, 1.807) is 0 Å². The summed E-state index contributed by atoms with van der Waals surface area (Å²) in [6.45, 7) is 1.45. The minimum atomic E-state index is -4.01. The molecule has 0 aliphatic carbocycles. The van der Waals surface area contributed by atoms with Gasteiger partial charge in [-0.1, -0.05) is 0 Å². The second-order valence-corrected chi connectivity index (χ2v) is 5.91. The molecule has 0 saturated heterocycles. The van der Waals surface area contributed by atoms with Gasteiger partial charge in [0.2, 0.25) is 0 Å². The van der Waals surface area contributed by atoms with Crippen molar-refractivity contribution < 1.29 is 17.2 Å². The van der Waals surface area contributed by atoms with Gasteiger partial charge in [0, 0.05) is 5.69 Å². The fourth-order valence-corrected chi connectivity index (χ4v) is 3.02. The molecule has 0 bridgehead atoms. The first-order valence-corrected chi connectivity index (χ1v) is 7.12. The van der Waals surface area contributed by atoms with Crippen LogP contribution in [0.5, 0.6) is 0 Å². The molecular weight excluding hydrogens is 286 g/mol. The van der Waals surface area contributed by atoms with Crippen LogP contribution in [0.15, 0.2) is 41.3 Å². The Kier molecular flexibility index (Phi) is 3.63. The number of sulfonamides is 1. The minimum absolute atomic E-state index is 0.124. The lowest BCUT2D eigenvalue weighted by Crippen LogP contribution is -2.15. The Hall–Kier alpha value is -2.15. The van der Waals surface area contributed by atoms with Gasteiger partial charge in [-0.3, -0.25) is 4.72 Å². The highest BCUT2D eigenvalue weighted by molar-refractivity contribution is 7.92. The summed E-state index contributed by atoms with van der Waals surface area (Å²) in [6.07, 6.45) is 0.